The number of hydrogen-bond donors (Lipinski definition) is 2. The number of benzene rings is 2. The summed E-state index contributed by atoms with van der Waals surface area (Å²) >= 11 is 1.35. The monoisotopic (exact) mass is 493 g/mol. The van der Waals surface area contributed by atoms with Gasteiger partial charge in [-0.1, -0.05) is 61.0 Å². The highest BCUT2D eigenvalue weighted by molar-refractivity contribution is 7.99. The first kappa shape index (κ1) is 26.5. The zero-order valence-corrected chi connectivity index (χ0v) is 22.4. The summed E-state index contributed by atoms with van der Waals surface area (Å²) in [5.74, 6) is 0.775. The predicted octanol–water partition coefficient (Wildman–Crippen LogP) is 5.39. The van der Waals surface area contributed by atoms with E-state index in [0.717, 1.165) is 22.4 Å². The van der Waals surface area contributed by atoms with E-state index in [1.165, 1.54) is 17.3 Å². The van der Waals surface area contributed by atoms with Crippen LogP contribution in [0.1, 0.15) is 65.2 Å². The lowest BCUT2D eigenvalue weighted by molar-refractivity contribution is -0.113. The van der Waals surface area contributed by atoms with E-state index in [9.17, 15) is 9.59 Å². The lowest BCUT2D eigenvalue weighted by atomic mass is 10.0. The average molecular weight is 494 g/mol. The third-order valence-electron chi connectivity index (χ3n) is 5.85. The number of carbonyl (C=O) groups is 2. The summed E-state index contributed by atoms with van der Waals surface area (Å²) in [4.78, 5) is 25.6. The summed E-state index contributed by atoms with van der Waals surface area (Å²) in [6.07, 6.45) is 0. The zero-order chi connectivity index (χ0) is 25.7. The minimum Gasteiger partial charge on any atom is -0.342 e. The van der Waals surface area contributed by atoms with Gasteiger partial charge in [-0.2, -0.15) is 0 Å². The Labute approximate surface area is 212 Å². The third-order valence-corrected chi connectivity index (χ3v) is 6.81. The maximum absolute atomic E-state index is 12.9. The Morgan fingerprint density at radius 2 is 1.69 bits per heavy atom. The molecule has 2 amide bonds. The fraction of sp³-hybridized carbons (Fsp3) is 0.407. The smallest absolute Gasteiger partial charge is 0.251 e. The molecule has 0 fully saturated rings. The Hall–Kier alpha value is -3.13. The Morgan fingerprint density at radius 3 is 2.29 bits per heavy atom. The van der Waals surface area contributed by atoms with Gasteiger partial charge in [-0.15, -0.1) is 10.2 Å². The number of carbonyl (C=O) groups excluding carboxylic acids is 2. The van der Waals surface area contributed by atoms with Crippen LogP contribution in [0.3, 0.4) is 0 Å². The molecule has 0 spiro atoms. The van der Waals surface area contributed by atoms with Gasteiger partial charge < -0.3 is 15.2 Å². The van der Waals surface area contributed by atoms with Gasteiger partial charge in [-0.05, 0) is 63.8 Å². The largest absolute Gasteiger partial charge is 0.342 e. The predicted molar refractivity (Wildman–Crippen MR) is 142 cm³/mol. The van der Waals surface area contributed by atoms with Crippen LogP contribution < -0.4 is 10.6 Å². The SMILES string of the molecule is CCn1c(SCC(=O)Nc2c(C)cc(C)cc2C)nnc1[C@@H](NC(=O)c1cccc(C)c1)C(C)C. The molecular formula is C27H35N5O2S. The van der Waals surface area contributed by atoms with Crippen molar-refractivity contribution < 1.29 is 9.59 Å². The van der Waals surface area contributed by atoms with Crippen molar-refractivity contribution in [2.75, 3.05) is 11.1 Å². The van der Waals surface area contributed by atoms with Gasteiger partial charge in [-0.3, -0.25) is 9.59 Å². The Kier molecular flexibility index (Phi) is 8.72. The molecule has 0 saturated carbocycles. The average Bonchev–Trinajstić information content (AvgIpc) is 3.20. The highest BCUT2D eigenvalue weighted by Gasteiger charge is 2.26. The summed E-state index contributed by atoms with van der Waals surface area (Å²) < 4.78 is 1.97. The number of aromatic nitrogens is 3. The van der Waals surface area contributed by atoms with Crippen LogP contribution in [0.5, 0.6) is 0 Å². The minimum absolute atomic E-state index is 0.0922. The van der Waals surface area contributed by atoms with Crippen molar-refractivity contribution in [3.05, 3.63) is 70.0 Å². The van der Waals surface area contributed by atoms with E-state index in [0.29, 0.717) is 23.1 Å². The van der Waals surface area contributed by atoms with Crippen molar-refractivity contribution >= 4 is 29.3 Å². The Bertz CT molecular complexity index is 1200. The first-order valence-corrected chi connectivity index (χ1v) is 12.9. The van der Waals surface area contributed by atoms with E-state index in [1.54, 1.807) is 0 Å². The molecule has 3 rings (SSSR count). The molecule has 0 bridgehead atoms. The van der Waals surface area contributed by atoms with Crippen LogP contribution in [-0.2, 0) is 11.3 Å². The van der Waals surface area contributed by atoms with Crippen LogP contribution in [0.25, 0.3) is 0 Å². The number of nitrogens with one attached hydrogen (secondary N) is 2. The van der Waals surface area contributed by atoms with E-state index in [4.69, 9.17) is 0 Å². The molecule has 1 aromatic heterocycles. The standard InChI is InChI=1S/C27H35N5O2S/c1-8-32-25(23(16(2)3)29-26(34)21-11-9-10-17(4)14-21)30-31-27(32)35-15-22(33)28-24-19(6)12-18(5)13-20(24)7/h9-14,16,23H,8,15H2,1-7H3,(H,28,33)(H,29,34)/t23-/m0/s1. The molecule has 0 aliphatic heterocycles. The molecule has 1 atom stereocenters. The van der Waals surface area contributed by atoms with E-state index in [2.05, 4.69) is 33.0 Å². The van der Waals surface area contributed by atoms with E-state index >= 15 is 0 Å². The van der Waals surface area contributed by atoms with Crippen LogP contribution in [0.2, 0.25) is 0 Å². The first-order chi connectivity index (χ1) is 16.6. The molecule has 2 N–H and O–H groups in total. The molecule has 7 nitrogen and oxygen atoms in total. The lowest BCUT2D eigenvalue weighted by Crippen LogP contribution is -2.33. The highest BCUT2D eigenvalue weighted by atomic mass is 32.2. The third kappa shape index (κ3) is 6.51. The van der Waals surface area contributed by atoms with Gasteiger partial charge in [0.05, 0.1) is 11.8 Å². The van der Waals surface area contributed by atoms with Crippen molar-refractivity contribution in [1.82, 2.24) is 20.1 Å². The van der Waals surface area contributed by atoms with Crippen molar-refractivity contribution in [1.29, 1.82) is 0 Å². The second-order valence-electron chi connectivity index (χ2n) is 9.26. The van der Waals surface area contributed by atoms with Gasteiger partial charge in [0.1, 0.15) is 0 Å². The highest BCUT2D eigenvalue weighted by Crippen LogP contribution is 2.27. The second kappa shape index (κ2) is 11.5. The molecule has 0 saturated heterocycles. The molecule has 0 aliphatic rings. The van der Waals surface area contributed by atoms with Gasteiger partial charge in [-0.25, -0.2) is 0 Å². The van der Waals surface area contributed by atoms with E-state index in [1.807, 2.05) is 77.3 Å². The quantitative estimate of drug-likeness (QED) is 0.390. The summed E-state index contributed by atoms with van der Waals surface area (Å²) in [7, 11) is 0. The van der Waals surface area contributed by atoms with Gasteiger partial charge in [0, 0.05) is 17.8 Å². The van der Waals surface area contributed by atoms with Crippen LogP contribution in [0.15, 0.2) is 41.6 Å². The summed E-state index contributed by atoms with van der Waals surface area (Å²) in [5, 5.41) is 15.6. The summed E-state index contributed by atoms with van der Waals surface area (Å²) in [6.45, 7) is 14.7. The topological polar surface area (TPSA) is 88.9 Å². The first-order valence-electron chi connectivity index (χ1n) is 11.9. The molecule has 3 aromatic rings. The molecule has 8 heteroatoms. The fourth-order valence-corrected chi connectivity index (χ4v) is 4.97. The lowest BCUT2D eigenvalue weighted by Gasteiger charge is -2.22. The molecule has 0 radical (unpaired) electrons. The van der Waals surface area contributed by atoms with Crippen LogP contribution in [0, 0.1) is 33.6 Å². The van der Waals surface area contributed by atoms with Gasteiger partial charge in [0.15, 0.2) is 11.0 Å². The molecule has 1 heterocycles. The van der Waals surface area contributed by atoms with Gasteiger partial charge in [0.25, 0.3) is 5.91 Å². The van der Waals surface area contributed by atoms with E-state index in [-0.39, 0.29) is 29.5 Å². The number of amides is 2. The normalized spacial score (nSPS) is 12.0. The molecule has 2 aromatic carbocycles. The second-order valence-corrected chi connectivity index (χ2v) is 10.2. The molecule has 35 heavy (non-hydrogen) atoms. The number of hydrogen-bond acceptors (Lipinski definition) is 5. The fourth-order valence-electron chi connectivity index (χ4n) is 4.16. The van der Waals surface area contributed by atoms with Gasteiger partial charge >= 0.3 is 0 Å². The maximum atomic E-state index is 12.9. The number of thioether (sulfide) groups is 1. The van der Waals surface area contributed by atoms with Crippen molar-refractivity contribution in [3.8, 4) is 0 Å². The van der Waals surface area contributed by atoms with Crippen molar-refractivity contribution in [3.63, 3.8) is 0 Å². The number of rotatable bonds is 9. The summed E-state index contributed by atoms with van der Waals surface area (Å²) in [5.41, 5.74) is 5.77. The van der Waals surface area contributed by atoms with Crippen LogP contribution >= 0.6 is 11.8 Å². The van der Waals surface area contributed by atoms with Crippen molar-refractivity contribution in [2.45, 2.75) is 66.2 Å². The molecule has 0 aliphatic carbocycles. The zero-order valence-electron chi connectivity index (χ0n) is 21.6. The molecular weight excluding hydrogens is 458 g/mol. The molecule has 186 valence electrons. The van der Waals surface area contributed by atoms with Crippen molar-refractivity contribution in [2.24, 2.45) is 5.92 Å². The molecule has 0 unspecified atom stereocenters. The van der Waals surface area contributed by atoms with Crippen LogP contribution in [-0.4, -0.2) is 32.3 Å². The minimum atomic E-state index is -0.309. The maximum Gasteiger partial charge on any atom is 0.251 e. The Morgan fingerprint density at radius 1 is 1.00 bits per heavy atom. The van der Waals surface area contributed by atoms with Crippen LogP contribution in [0.4, 0.5) is 5.69 Å². The van der Waals surface area contributed by atoms with Gasteiger partial charge in [0.2, 0.25) is 5.91 Å². The van der Waals surface area contributed by atoms with E-state index < -0.39 is 0 Å². The number of nitrogens with zero attached hydrogens (tertiary/aromatic N) is 3. The Balaban J connectivity index is 1.73. The summed E-state index contributed by atoms with van der Waals surface area (Å²) in [6, 6.07) is 11.3. The number of anilines is 1. The number of aryl methyl sites for hydroxylation is 4.